The number of aromatic nitrogens is 3. The predicted molar refractivity (Wildman–Crippen MR) is 125 cm³/mol. The van der Waals surface area contributed by atoms with Crippen LogP contribution < -0.4 is 0 Å². The fourth-order valence-electron chi connectivity index (χ4n) is 7.39. The average molecular weight is 450 g/mol. The molecule has 3 aromatic rings. The van der Waals surface area contributed by atoms with Gasteiger partial charge in [0.1, 0.15) is 0 Å². The maximum Gasteiger partial charge on any atom is 0.340 e. The molecule has 166 valence electrons. The van der Waals surface area contributed by atoms with Crippen molar-refractivity contribution >= 4 is 28.5 Å². The van der Waals surface area contributed by atoms with Gasteiger partial charge in [-0.25, -0.2) is 4.79 Å². The zero-order chi connectivity index (χ0) is 22.0. The summed E-state index contributed by atoms with van der Waals surface area (Å²) in [4.78, 5) is 17.3. The Bertz CT molecular complexity index is 1200. The van der Waals surface area contributed by atoms with Crippen LogP contribution in [0, 0.1) is 30.1 Å². The van der Waals surface area contributed by atoms with Gasteiger partial charge in [0.05, 0.1) is 29.4 Å². The highest BCUT2D eigenvalue weighted by molar-refractivity contribution is 6.35. The van der Waals surface area contributed by atoms with E-state index in [-0.39, 0.29) is 0 Å². The van der Waals surface area contributed by atoms with Crippen LogP contribution >= 0.6 is 11.6 Å². The van der Waals surface area contributed by atoms with Crippen LogP contribution in [0.15, 0.2) is 30.6 Å². The third-order valence-corrected chi connectivity index (χ3v) is 8.62. The highest BCUT2D eigenvalue weighted by Crippen LogP contribution is 2.60. The minimum atomic E-state index is -0.409. The van der Waals surface area contributed by atoms with Crippen molar-refractivity contribution in [2.24, 2.45) is 23.2 Å². The molecule has 2 aromatic heterocycles. The van der Waals surface area contributed by atoms with Gasteiger partial charge in [-0.1, -0.05) is 23.7 Å². The molecule has 0 radical (unpaired) electrons. The van der Waals surface area contributed by atoms with Crippen LogP contribution in [0.1, 0.15) is 54.6 Å². The lowest BCUT2D eigenvalue weighted by Crippen LogP contribution is -2.48. The number of halogens is 1. The number of fused-ring (bicyclic) bond motifs is 1. The summed E-state index contributed by atoms with van der Waals surface area (Å²) in [5.74, 6) is 2.34. The third-order valence-electron chi connectivity index (χ3n) is 8.29. The van der Waals surface area contributed by atoms with Crippen LogP contribution in [0.5, 0.6) is 0 Å². The Morgan fingerprint density at radius 3 is 2.47 bits per heavy atom. The van der Waals surface area contributed by atoms with Crippen molar-refractivity contribution in [1.82, 2.24) is 14.8 Å². The maximum absolute atomic E-state index is 12.8. The summed E-state index contributed by atoms with van der Waals surface area (Å²) in [7, 11) is 1.40. The van der Waals surface area contributed by atoms with E-state index in [4.69, 9.17) is 21.4 Å². The zero-order valence-corrected chi connectivity index (χ0v) is 19.4. The Balaban J connectivity index is 1.41. The third kappa shape index (κ3) is 3.08. The van der Waals surface area contributed by atoms with Gasteiger partial charge in [0.15, 0.2) is 0 Å². The van der Waals surface area contributed by atoms with Crippen molar-refractivity contribution < 1.29 is 9.53 Å². The molecule has 2 heterocycles. The molecule has 7 rings (SSSR count). The molecule has 0 spiro atoms. The maximum atomic E-state index is 12.8. The summed E-state index contributed by atoms with van der Waals surface area (Å²) in [5, 5.41) is 6.13. The lowest BCUT2D eigenvalue weighted by molar-refractivity contribution is -0.0638. The molecule has 32 heavy (non-hydrogen) atoms. The van der Waals surface area contributed by atoms with Crippen LogP contribution in [-0.2, 0) is 11.3 Å². The normalized spacial score (nSPS) is 28.4. The zero-order valence-electron chi connectivity index (χ0n) is 18.6. The summed E-state index contributed by atoms with van der Waals surface area (Å²) in [6.45, 7) is 3.09. The summed E-state index contributed by atoms with van der Waals surface area (Å²) in [6.07, 6.45) is 11.9. The van der Waals surface area contributed by atoms with Crippen molar-refractivity contribution in [3.63, 3.8) is 0 Å². The highest BCUT2D eigenvalue weighted by Gasteiger charge is 2.51. The van der Waals surface area contributed by atoms with E-state index in [1.165, 1.54) is 45.6 Å². The van der Waals surface area contributed by atoms with Gasteiger partial charge >= 0.3 is 5.97 Å². The number of esters is 1. The summed E-state index contributed by atoms with van der Waals surface area (Å²) < 4.78 is 7.31. The van der Waals surface area contributed by atoms with E-state index in [0.29, 0.717) is 21.5 Å². The van der Waals surface area contributed by atoms with Crippen LogP contribution in [0.3, 0.4) is 0 Å². The van der Waals surface area contributed by atoms with Crippen molar-refractivity contribution in [2.75, 3.05) is 7.11 Å². The Hall–Kier alpha value is -2.40. The molecule has 0 N–H and O–H groups in total. The Morgan fingerprint density at radius 2 is 1.81 bits per heavy atom. The topological polar surface area (TPSA) is 57.0 Å². The summed E-state index contributed by atoms with van der Waals surface area (Å²) in [6, 6.07) is 5.61. The average Bonchev–Trinajstić information content (AvgIpc) is 3.11. The molecule has 0 amide bonds. The van der Waals surface area contributed by atoms with E-state index in [0.717, 1.165) is 46.5 Å². The van der Waals surface area contributed by atoms with Gasteiger partial charge in [-0.15, -0.1) is 0 Å². The molecule has 0 atom stereocenters. The van der Waals surface area contributed by atoms with E-state index < -0.39 is 5.97 Å². The quantitative estimate of drug-likeness (QED) is 0.454. The Labute approximate surface area is 193 Å². The van der Waals surface area contributed by atoms with Crippen LogP contribution in [0.4, 0.5) is 0 Å². The summed E-state index contributed by atoms with van der Waals surface area (Å²) >= 11 is 6.37. The van der Waals surface area contributed by atoms with E-state index >= 15 is 0 Å². The van der Waals surface area contributed by atoms with Gasteiger partial charge in [0.25, 0.3) is 0 Å². The molecule has 1 aromatic carbocycles. The van der Waals surface area contributed by atoms with E-state index in [9.17, 15) is 4.79 Å². The van der Waals surface area contributed by atoms with Crippen LogP contribution in [0.2, 0.25) is 5.02 Å². The number of nitrogens with zero attached hydrogens (tertiary/aromatic N) is 3. The van der Waals surface area contributed by atoms with E-state index in [1.807, 2.05) is 18.3 Å². The van der Waals surface area contributed by atoms with Crippen LogP contribution in [-0.4, -0.2) is 27.8 Å². The number of benzene rings is 1. The van der Waals surface area contributed by atoms with E-state index in [1.54, 1.807) is 12.3 Å². The molecular formula is C26H28ClN3O2. The summed E-state index contributed by atoms with van der Waals surface area (Å²) in [5.41, 5.74) is 4.26. The monoisotopic (exact) mass is 449 g/mol. The van der Waals surface area contributed by atoms with Gasteiger partial charge < -0.3 is 4.74 Å². The van der Waals surface area contributed by atoms with Gasteiger partial charge in [-0.3, -0.25) is 9.67 Å². The minimum Gasteiger partial charge on any atom is -0.465 e. The number of carbonyl (C=O) groups excluding carboxylic acids is 1. The lowest BCUT2D eigenvalue weighted by atomic mass is 9.49. The molecular weight excluding hydrogens is 422 g/mol. The van der Waals surface area contributed by atoms with Gasteiger partial charge in [0.2, 0.25) is 0 Å². The fraction of sp³-hybridized carbons (Fsp3) is 0.500. The molecule has 4 bridgehead atoms. The first-order chi connectivity index (χ1) is 15.5. The van der Waals surface area contributed by atoms with Gasteiger partial charge in [0, 0.05) is 34.9 Å². The van der Waals surface area contributed by atoms with E-state index in [2.05, 4.69) is 16.6 Å². The van der Waals surface area contributed by atoms with Gasteiger partial charge in [-0.2, -0.15) is 5.10 Å². The standard InChI is InChI=1S/C26H28ClN3O2/c1-15-21(19-3-4-20-22(27)5-6-28-24(20)23(19)25(31)32-2)13-29-30(15)14-26-10-16-7-17(11-26)9-18(8-16)12-26/h3-6,13,16-18H,7-12,14H2,1-2H3. The van der Waals surface area contributed by atoms with Crippen molar-refractivity contribution in [3.05, 3.63) is 46.9 Å². The first-order valence-corrected chi connectivity index (χ1v) is 12.0. The molecule has 4 fully saturated rings. The number of carbonyl (C=O) groups is 1. The predicted octanol–water partition coefficient (Wildman–Crippen LogP) is 6.06. The molecule has 4 aliphatic rings. The number of ether oxygens (including phenoxy) is 1. The first kappa shape index (κ1) is 20.2. The number of hydrogen-bond acceptors (Lipinski definition) is 4. The lowest BCUT2D eigenvalue weighted by Gasteiger charge is -2.56. The molecule has 0 aliphatic heterocycles. The SMILES string of the molecule is COC(=O)c1c(-c2cnn(CC34CC5CC(CC(C5)C3)C4)c2C)ccc2c(Cl)ccnc12. The number of pyridine rings is 1. The van der Waals surface area contributed by atoms with Crippen molar-refractivity contribution in [3.8, 4) is 11.1 Å². The molecule has 5 nitrogen and oxygen atoms in total. The van der Waals surface area contributed by atoms with Gasteiger partial charge in [-0.05, 0) is 74.7 Å². The van der Waals surface area contributed by atoms with Crippen molar-refractivity contribution in [1.29, 1.82) is 0 Å². The Kier molecular flexibility index (Phi) is 4.62. The molecule has 4 saturated carbocycles. The number of methoxy groups -OCH3 is 1. The largest absolute Gasteiger partial charge is 0.465 e. The second kappa shape index (κ2) is 7.31. The fourth-order valence-corrected chi connectivity index (χ4v) is 7.60. The minimum absolute atomic E-state index is 0.395. The Morgan fingerprint density at radius 1 is 1.12 bits per heavy atom. The second-order valence-corrected chi connectivity index (χ2v) is 10.8. The first-order valence-electron chi connectivity index (χ1n) is 11.6. The van der Waals surface area contributed by atoms with Crippen LogP contribution in [0.25, 0.3) is 22.0 Å². The number of rotatable bonds is 4. The second-order valence-electron chi connectivity index (χ2n) is 10.4. The smallest absolute Gasteiger partial charge is 0.340 e. The highest BCUT2D eigenvalue weighted by atomic mass is 35.5. The molecule has 4 aliphatic carbocycles. The number of hydrogen-bond donors (Lipinski definition) is 0. The van der Waals surface area contributed by atoms with Crippen molar-refractivity contribution in [2.45, 2.75) is 52.0 Å². The molecule has 6 heteroatoms. The molecule has 0 unspecified atom stereocenters. The molecule has 0 saturated heterocycles.